The lowest BCUT2D eigenvalue weighted by Gasteiger charge is -2.34. The third kappa shape index (κ3) is 4.54. The molecule has 0 bridgehead atoms. The first-order valence-corrected chi connectivity index (χ1v) is 10.7. The van der Waals surface area contributed by atoms with E-state index in [1.807, 2.05) is 26.4 Å². The Bertz CT molecular complexity index is 732. The van der Waals surface area contributed by atoms with Crippen LogP contribution in [-0.2, 0) is 21.8 Å². The molecule has 1 unspecified atom stereocenters. The monoisotopic (exact) mass is 384 g/mol. The fourth-order valence-corrected chi connectivity index (χ4v) is 4.80. The number of hydrogen-bond donors (Lipinski definition) is 1. The molecule has 1 aromatic rings. The van der Waals surface area contributed by atoms with E-state index in [-0.39, 0.29) is 11.9 Å². The molecule has 146 valence electrons. The molecular weight excluding hydrogens is 356 g/mol. The lowest BCUT2D eigenvalue weighted by molar-refractivity contribution is -0.00804. The van der Waals surface area contributed by atoms with Crippen molar-refractivity contribution in [1.82, 2.24) is 24.3 Å². The molecule has 0 spiro atoms. The molecule has 10 heteroatoms. The Kier molecular flexibility index (Phi) is 6.15. The van der Waals surface area contributed by atoms with Gasteiger partial charge in [-0.25, -0.2) is 12.7 Å². The number of aliphatic imine (C=N–C) groups is 1. The molecule has 0 radical (unpaired) electrons. The van der Waals surface area contributed by atoms with Crippen LogP contribution in [0.15, 0.2) is 17.4 Å². The molecular formula is C16H28N6O3S. The summed E-state index contributed by atoms with van der Waals surface area (Å²) in [6.07, 6.45) is 4.47. The Balaban J connectivity index is 1.62. The number of guanidine groups is 1. The SMILES string of the molecule is CCNC(=NCCN1CCCS1(=O)=O)N1CCOC(c2cnn(C)c2)C1. The first-order valence-electron chi connectivity index (χ1n) is 9.11. The van der Waals surface area contributed by atoms with Gasteiger partial charge in [0, 0.05) is 45.0 Å². The average Bonchev–Trinajstić information content (AvgIpc) is 3.19. The Hall–Kier alpha value is -1.65. The molecule has 1 aromatic heterocycles. The van der Waals surface area contributed by atoms with Gasteiger partial charge in [0.2, 0.25) is 10.0 Å². The normalized spacial score (nSPS) is 24.2. The van der Waals surface area contributed by atoms with E-state index in [0.717, 1.165) is 24.6 Å². The highest BCUT2D eigenvalue weighted by Crippen LogP contribution is 2.21. The van der Waals surface area contributed by atoms with Crippen molar-refractivity contribution in [3.63, 3.8) is 0 Å². The lowest BCUT2D eigenvalue weighted by atomic mass is 10.1. The van der Waals surface area contributed by atoms with Crippen molar-refractivity contribution in [2.45, 2.75) is 19.4 Å². The maximum Gasteiger partial charge on any atom is 0.214 e. The Morgan fingerprint density at radius 2 is 2.31 bits per heavy atom. The second-order valence-corrected chi connectivity index (χ2v) is 8.65. The molecule has 3 rings (SSSR count). The van der Waals surface area contributed by atoms with E-state index in [1.165, 1.54) is 4.31 Å². The highest BCUT2D eigenvalue weighted by molar-refractivity contribution is 7.89. The number of aryl methyl sites for hydroxylation is 1. The van der Waals surface area contributed by atoms with Gasteiger partial charge in [0.1, 0.15) is 6.10 Å². The number of morpholine rings is 1. The van der Waals surface area contributed by atoms with Gasteiger partial charge in [0.05, 0.1) is 31.6 Å². The van der Waals surface area contributed by atoms with Gasteiger partial charge < -0.3 is 15.0 Å². The predicted octanol–water partition coefficient (Wildman–Crippen LogP) is -0.206. The molecule has 0 amide bonds. The summed E-state index contributed by atoms with van der Waals surface area (Å²) in [6.45, 7) is 6.35. The second kappa shape index (κ2) is 8.36. The molecule has 2 aliphatic rings. The van der Waals surface area contributed by atoms with E-state index >= 15 is 0 Å². The van der Waals surface area contributed by atoms with Gasteiger partial charge in [0.15, 0.2) is 5.96 Å². The van der Waals surface area contributed by atoms with Crippen molar-refractivity contribution < 1.29 is 13.2 Å². The molecule has 0 aliphatic carbocycles. The van der Waals surface area contributed by atoms with Crippen molar-refractivity contribution in [2.24, 2.45) is 12.0 Å². The zero-order chi connectivity index (χ0) is 18.6. The quantitative estimate of drug-likeness (QED) is 0.558. The van der Waals surface area contributed by atoms with Crippen LogP contribution in [0.25, 0.3) is 0 Å². The van der Waals surface area contributed by atoms with Crippen molar-refractivity contribution >= 4 is 16.0 Å². The smallest absolute Gasteiger partial charge is 0.214 e. The number of nitrogens with one attached hydrogen (secondary N) is 1. The molecule has 0 aromatic carbocycles. The highest BCUT2D eigenvalue weighted by Gasteiger charge is 2.28. The molecule has 2 aliphatic heterocycles. The van der Waals surface area contributed by atoms with Crippen molar-refractivity contribution in [3.8, 4) is 0 Å². The number of nitrogens with zero attached hydrogens (tertiary/aromatic N) is 5. The fraction of sp³-hybridized carbons (Fsp3) is 0.750. The first-order chi connectivity index (χ1) is 12.5. The predicted molar refractivity (Wildman–Crippen MR) is 99.4 cm³/mol. The van der Waals surface area contributed by atoms with Crippen molar-refractivity contribution in [3.05, 3.63) is 18.0 Å². The zero-order valence-corrected chi connectivity index (χ0v) is 16.3. The van der Waals surface area contributed by atoms with Gasteiger partial charge in [-0.05, 0) is 13.3 Å². The molecule has 1 atom stereocenters. The van der Waals surface area contributed by atoms with Crippen LogP contribution < -0.4 is 5.32 Å². The van der Waals surface area contributed by atoms with E-state index in [0.29, 0.717) is 39.2 Å². The molecule has 2 saturated heterocycles. The molecule has 1 N–H and O–H groups in total. The first kappa shape index (κ1) is 19.1. The largest absolute Gasteiger partial charge is 0.370 e. The number of rotatable bonds is 5. The molecule has 9 nitrogen and oxygen atoms in total. The second-order valence-electron chi connectivity index (χ2n) is 6.56. The van der Waals surface area contributed by atoms with Crippen LogP contribution in [0.5, 0.6) is 0 Å². The van der Waals surface area contributed by atoms with Gasteiger partial charge in [0.25, 0.3) is 0 Å². The van der Waals surface area contributed by atoms with Crippen molar-refractivity contribution in [1.29, 1.82) is 0 Å². The van der Waals surface area contributed by atoms with Crippen LogP contribution in [0, 0.1) is 0 Å². The van der Waals surface area contributed by atoms with E-state index in [9.17, 15) is 8.42 Å². The number of aromatic nitrogens is 2. The van der Waals surface area contributed by atoms with Gasteiger partial charge >= 0.3 is 0 Å². The fourth-order valence-electron chi connectivity index (χ4n) is 3.29. The van der Waals surface area contributed by atoms with Gasteiger partial charge in [-0.3, -0.25) is 9.67 Å². The Morgan fingerprint density at radius 1 is 1.46 bits per heavy atom. The maximum atomic E-state index is 11.9. The summed E-state index contributed by atoms with van der Waals surface area (Å²) in [6, 6.07) is 0. The minimum Gasteiger partial charge on any atom is -0.370 e. The maximum absolute atomic E-state index is 11.9. The van der Waals surface area contributed by atoms with Crippen LogP contribution in [0.3, 0.4) is 0 Å². The van der Waals surface area contributed by atoms with Gasteiger partial charge in [-0.1, -0.05) is 0 Å². The average molecular weight is 385 g/mol. The zero-order valence-electron chi connectivity index (χ0n) is 15.5. The molecule has 3 heterocycles. The lowest BCUT2D eigenvalue weighted by Crippen LogP contribution is -2.48. The Labute approximate surface area is 155 Å². The van der Waals surface area contributed by atoms with Gasteiger partial charge in [-0.2, -0.15) is 5.10 Å². The van der Waals surface area contributed by atoms with E-state index in [1.54, 1.807) is 4.68 Å². The highest BCUT2D eigenvalue weighted by atomic mass is 32.2. The molecule has 0 saturated carbocycles. The third-order valence-electron chi connectivity index (χ3n) is 4.61. The topological polar surface area (TPSA) is 92.1 Å². The Morgan fingerprint density at radius 3 is 2.96 bits per heavy atom. The summed E-state index contributed by atoms with van der Waals surface area (Å²) in [7, 11) is -1.17. The minimum absolute atomic E-state index is 0.0414. The molecule has 26 heavy (non-hydrogen) atoms. The number of ether oxygens (including phenoxy) is 1. The number of sulfonamides is 1. The van der Waals surface area contributed by atoms with E-state index in [4.69, 9.17) is 4.74 Å². The minimum atomic E-state index is -3.06. The summed E-state index contributed by atoms with van der Waals surface area (Å²) in [5, 5.41) is 7.52. The summed E-state index contributed by atoms with van der Waals surface area (Å²) < 4.78 is 33.0. The van der Waals surface area contributed by atoms with Crippen LogP contribution in [0.1, 0.15) is 25.0 Å². The summed E-state index contributed by atoms with van der Waals surface area (Å²) >= 11 is 0. The third-order valence-corrected chi connectivity index (χ3v) is 6.57. The van der Waals surface area contributed by atoms with Crippen LogP contribution in [0.4, 0.5) is 0 Å². The standard InChI is InChI=1S/C16H28N6O3S/c1-3-17-16(18-5-7-22-6-4-10-26(22,23)24)21-8-9-25-15(13-21)14-11-19-20(2)12-14/h11-12,15H,3-10,13H2,1-2H3,(H,17,18). The van der Waals surface area contributed by atoms with Crippen LogP contribution in [-0.4, -0.2) is 85.0 Å². The summed E-state index contributed by atoms with van der Waals surface area (Å²) in [4.78, 5) is 6.82. The van der Waals surface area contributed by atoms with Gasteiger partial charge in [-0.15, -0.1) is 0 Å². The van der Waals surface area contributed by atoms with Crippen LogP contribution in [0.2, 0.25) is 0 Å². The van der Waals surface area contributed by atoms with Crippen molar-refractivity contribution in [2.75, 3.05) is 51.6 Å². The number of hydrogen-bond acceptors (Lipinski definition) is 5. The van der Waals surface area contributed by atoms with E-state index in [2.05, 4.69) is 20.3 Å². The van der Waals surface area contributed by atoms with E-state index < -0.39 is 10.0 Å². The molecule has 2 fully saturated rings. The van der Waals surface area contributed by atoms with Crippen LogP contribution >= 0.6 is 0 Å². The summed E-state index contributed by atoms with van der Waals surface area (Å²) in [5.41, 5.74) is 1.05. The summed E-state index contributed by atoms with van der Waals surface area (Å²) in [5.74, 6) is 1.06.